The zero-order valence-corrected chi connectivity index (χ0v) is 15.3. The molecule has 6 nitrogen and oxygen atoms in total. The second kappa shape index (κ2) is 7.23. The van der Waals surface area contributed by atoms with Crippen LogP contribution >= 0.6 is 0 Å². The summed E-state index contributed by atoms with van der Waals surface area (Å²) >= 11 is 0. The Hall–Kier alpha value is -2.76. The minimum atomic E-state index is 0.414. The SMILES string of the molecule is CCc1cc(N2CCC(Nc3ncnc4c(C)cccc34)CC2)ncn1. The number of fused-ring (bicyclic) bond motifs is 1. The van der Waals surface area contributed by atoms with Gasteiger partial charge >= 0.3 is 0 Å². The van der Waals surface area contributed by atoms with Gasteiger partial charge in [0.1, 0.15) is 24.3 Å². The number of piperidine rings is 1. The molecule has 1 aliphatic rings. The monoisotopic (exact) mass is 348 g/mol. The Labute approximate surface area is 153 Å². The molecule has 134 valence electrons. The van der Waals surface area contributed by atoms with E-state index >= 15 is 0 Å². The number of nitrogens with zero attached hydrogens (tertiary/aromatic N) is 5. The summed E-state index contributed by atoms with van der Waals surface area (Å²) in [6, 6.07) is 8.76. The van der Waals surface area contributed by atoms with E-state index in [0.717, 1.165) is 60.6 Å². The topological polar surface area (TPSA) is 66.8 Å². The Morgan fingerprint density at radius 2 is 1.88 bits per heavy atom. The van der Waals surface area contributed by atoms with Crippen LogP contribution in [0.3, 0.4) is 0 Å². The molecule has 1 N–H and O–H groups in total. The molecule has 1 aromatic carbocycles. The zero-order chi connectivity index (χ0) is 17.9. The van der Waals surface area contributed by atoms with Crippen LogP contribution in [0.1, 0.15) is 31.0 Å². The molecule has 6 heteroatoms. The maximum atomic E-state index is 4.49. The number of para-hydroxylation sites is 1. The van der Waals surface area contributed by atoms with Crippen LogP contribution < -0.4 is 10.2 Å². The van der Waals surface area contributed by atoms with Crippen molar-refractivity contribution in [3.05, 3.63) is 48.2 Å². The molecule has 0 unspecified atom stereocenters. The van der Waals surface area contributed by atoms with Crippen molar-refractivity contribution in [3.63, 3.8) is 0 Å². The summed E-state index contributed by atoms with van der Waals surface area (Å²) in [6.45, 7) is 6.18. The van der Waals surface area contributed by atoms with Crippen molar-refractivity contribution in [2.45, 2.75) is 39.2 Å². The second-order valence-corrected chi connectivity index (χ2v) is 6.82. The lowest BCUT2D eigenvalue weighted by Crippen LogP contribution is -2.39. The fourth-order valence-corrected chi connectivity index (χ4v) is 3.55. The van der Waals surface area contributed by atoms with Crippen molar-refractivity contribution in [2.75, 3.05) is 23.3 Å². The van der Waals surface area contributed by atoms with E-state index < -0.39 is 0 Å². The van der Waals surface area contributed by atoms with E-state index in [4.69, 9.17) is 0 Å². The van der Waals surface area contributed by atoms with Gasteiger partial charge in [-0.25, -0.2) is 19.9 Å². The number of nitrogens with one attached hydrogen (secondary N) is 1. The molecule has 1 saturated heterocycles. The quantitative estimate of drug-likeness (QED) is 0.780. The molecule has 3 aromatic rings. The first-order chi connectivity index (χ1) is 12.7. The van der Waals surface area contributed by atoms with Crippen molar-refractivity contribution < 1.29 is 0 Å². The van der Waals surface area contributed by atoms with Gasteiger partial charge in [-0.1, -0.05) is 19.1 Å². The molecule has 0 radical (unpaired) electrons. The van der Waals surface area contributed by atoms with Gasteiger partial charge in [-0.3, -0.25) is 0 Å². The first-order valence-corrected chi connectivity index (χ1v) is 9.27. The molecule has 0 aliphatic carbocycles. The standard InChI is InChI=1S/C20H24N6/c1-3-15-11-18(22-12-21-15)26-9-7-16(8-10-26)25-20-17-6-4-5-14(2)19(17)23-13-24-20/h4-6,11-13,16H,3,7-10H2,1-2H3,(H,23,24,25). The van der Waals surface area contributed by atoms with Crippen LogP contribution in [0.15, 0.2) is 36.9 Å². The van der Waals surface area contributed by atoms with Gasteiger partial charge in [-0.15, -0.1) is 0 Å². The summed E-state index contributed by atoms with van der Waals surface area (Å²) in [5.74, 6) is 1.98. The highest BCUT2D eigenvalue weighted by Crippen LogP contribution is 2.25. The number of aryl methyl sites for hydroxylation is 2. The average molecular weight is 348 g/mol. The van der Waals surface area contributed by atoms with Crippen molar-refractivity contribution in [3.8, 4) is 0 Å². The smallest absolute Gasteiger partial charge is 0.137 e. The fourth-order valence-electron chi connectivity index (χ4n) is 3.55. The Balaban J connectivity index is 1.45. The molecule has 0 bridgehead atoms. The van der Waals surface area contributed by atoms with E-state index in [-0.39, 0.29) is 0 Å². The summed E-state index contributed by atoms with van der Waals surface area (Å²) in [5, 5.41) is 4.73. The number of rotatable bonds is 4. The maximum Gasteiger partial charge on any atom is 0.137 e. The zero-order valence-electron chi connectivity index (χ0n) is 15.3. The third kappa shape index (κ3) is 3.31. The van der Waals surface area contributed by atoms with Gasteiger partial charge in [0.25, 0.3) is 0 Å². The minimum absolute atomic E-state index is 0.414. The first kappa shape index (κ1) is 16.7. The lowest BCUT2D eigenvalue weighted by atomic mass is 10.0. The van der Waals surface area contributed by atoms with Crippen LogP contribution in [-0.4, -0.2) is 39.1 Å². The molecule has 1 fully saturated rings. The van der Waals surface area contributed by atoms with Gasteiger partial charge in [-0.05, 0) is 37.8 Å². The van der Waals surface area contributed by atoms with Gasteiger partial charge in [0.15, 0.2) is 0 Å². The predicted molar refractivity (Wildman–Crippen MR) is 105 cm³/mol. The van der Waals surface area contributed by atoms with Gasteiger partial charge in [0.05, 0.1) is 5.52 Å². The second-order valence-electron chi connectivity index (χ2n) is 6.82. The molecular weight excluding hydrogens is 324 g/mol. The molecule has 3 heterocycles. The molecule has 0 spiro atoms. The average Bonchev–Trinajstić information content (AvgIpc) is 2.69. The summed E-state index contributed by atoms with van der Waals surface area (Å²) in [4.78, 5) is 20.0. The maximum absolute atomic E-state index is 4.49. The van der Waals surface area contributed by atoms with Crippen LogP contribution in [-0.2, 0) is 6.42 Å². The number of hydrogen-bond acceptors (Lipinski definition) is 6. The molecule has 0 saturated carbocycles. The van der Waals surface area contributed by atoms with Crippen LogP contribution in [0.5, 0.6) is 0 Å². The lowest BCUT2D eigenvalue weighted by Gasteiger charge is -2.33. The van der Waals surface area contributed by atoms with E-state index in [2.05, 4.69) is 68.3 Å². The van der Waals surface area contributed by atoms with Gasteiger partial charge in [0, 0.05) is 36.3 Å². The molecule has 0 atom stereocenters. The normalized spacial score (nSPS) is 15.4. The van der Waals surface area contributed by atoms with Crippen molar-refractivity contribution >= 4 is 22.5 Å². The molecular formula is C20H24N6. The third-order valence-electron chi connectivity index (χ3n) is 5.10. The first-order valence-electron chi connectivity index (χ1n) is 9.27. The largest absolute Gasteiger partial charge is 0.367 e. The summed E-state index contributed by atoms with van der Waals surface area (Å²) in [5.41, 5.74) is 3.30. The van der Waals surface area contributed by atoms with E-state index in [1.807, 2.05) is 0 Å². The van der Waals surface area contributed by atoms with Crippen molar-refractivity contribution in [2.24, 2.45) is 0 Å². The highest BCUT2D eigenvalue weighted by atomic mass is 15.2. The van der Waals surface area contributed by atoms with E-state index in [1.54, 1.807) is 12.7 Å². The molecule has 0 amide bonds. The minimum Gasteiger partial charge on any atom is -0.367 e. The van der Waals surface area contributed by atoms with Gasteiger partial charge in [0.2, 0.25) is 0 Å². The molecule has 4 rings (SSSR count). The Bertz CT molecular complexity index is 902. The van der Waals surface area contributed by atoms with Crippen LogP contribution in [0.4, 0.5) is 11.6 Å². The highest BCUT2D eigenvalue weighted by molar-refractivity contribution is 5.90. The predicted octanol–water partition coefficient (Wildman–Crippen LogP) is 3.37. The van der Waals surface area contributed by atoms with Gasteiger partial charge < -0.3 is 10.2 Å². The fraction of sp³-hybridized carbons (Fsp3) is 0.400. The Kier molecular flexibility index (Phi) is 4.65. The van der Waals surface area contributed by atoms with Crippen molar-refractivity contribution in [1.29, 1.82) is 0 Å². The van der Waals surface area contributed by atoms with E-state index in [9.17, 15) is 0 Å². The number of aromatic nitrogens is 4. The molecule has 2 aromatic heterocycles. The van der Waals surface area contributed by atoms with Crippen LogP contribution in [0.25, 0.3) is 10.9 Å². The Morgan fingerprint density at radius 3 is 2.69 bits per heavy atom. The van der Waals surface area contributed by atoms with Crippen molar-refractivity contribution in [1.82, 2.24) is 19.9 Å². The number of benzene rings is 1. The van der Waals surface area contributed by atoms with E-state index in [0.29, 0.717) is 6.04 Å². The number of anilines is 2. The molecule has 26 heavy (non-hydrogen) atoms. The Morgan fingerprint density at radius 1 is 1.08 bits per heavy atom. The number of hydrogen-bond donors (Lipinski definition) is 1. The van der Waals surface area contributed by atoms with E-state index in [1.165, 1.54) is 5.56 Å². The summed E-state index contributed by atoms with van der Waals surface area (Å²) < 4.78 is 0. The lowest BCUT2D eigenvalue weighted by molar-refractivity contribution is 0.522. The van der Waals surface area contributed by atoms with Crippen LogP contribution in [0, 0.1) is 6.92 Å². The van der Waals surface area contributed by atoms with Crippen LogP contribution in [0.2, 0.25) is 0 Å². The summed E-state index contributed by atoms with van der Waals surface area (Å²) in [7, 11) is 0. The molecule has 1 aliphatic heterocycles. The third-order valence-corrected chi connectivity index (χ3v) is 5.10. The summed E-state index contributed by atoms with van der Waals surface area (Å²) in [6.07, 6.45) is 6.38. The highest BCUT2D eigenvalue weighted by Gasteiger charge is 2.21. The van der Waals surface area contributed by atoms with Gasteiger partial charge in [-0.2, -0.15) is 0 Å².